The van der Waals surface area contributed by atoms with Gasteiger partial charge in [0.2, 0.25) is 5.91 Å². The Bertz CT molecular complexity index is 263. The summed E-state index contributed by atoms with van der Waals surface area (Å²) in [5, 5.41) is 0. The van der Waals surface area contributed by atoms with Gasteiger partial charge >= 0.3 is 0 Å². The second-order valence-corrected chi connectivity index (χ2v) is 5.25. The predicted octanol–water partition coefficient (Wildman–Crippen LogP) is 2.25. The van der Waals surface area contributed by atoms with Crippen LogP contribution in [0.15, 0.2) is 0 Å². The van der Waals surface area contributed by atoms with Gasteiger partial charge in [-0.1, -0.05) is 20.8 Å². The van der Waals surface area contributed by atoms with Crippen molar-refractivity contribution in [2.75, 3.05) is 7.05 Å². The Morgan fingerprint density at radius 3 is 2.19 bits per heavy atom. The van der Waals surface area contributed by atoms with Crippen LogP contribution in [0.2, 0.25) is 0 Å². The predicted molar refractivity (Wildman–Crippen MR) is 64.0 cm³/mol. The van der Waals surface area contributed by atoms with Gasteiger partial charge in [-0.15, -0.1) is 0 Å². The summed E-state index contributed by atoms with van der Waals surface area (Å²) < 4.78 is 0. The smallest absolute Gasteiger partial charge is 0.225 e. The minimum atomic E-state index is 0.0719. The number of hydrogen-bond acceptors (Lipinski definition) is 2. The van der Waals surface area contributed by atoms with Crippen LogP contribution in [0.5, 0.6) is 0 Å². The first-order valence-electron chi connectivity index (χ1n) is 6.21. The fraction of sp³-hybridized carbons (Fsp3) is 0.846. The standard InChI is InChI=1S/C13H23NO2/c1-9(2)10(3)13(16)14(4)11-5-7-12(15)8-6-11/h9-11H,5-8H2,1-4H3. The minimum Gasteiger partial charge on any atom is -0.343 e. The average molecular weight is 225 g/mol. The van der Waals surface area contributed by atoms with E-state index in [0.29, 0.717) is 24.5 Å². The van der Waals surface area contributed by atoms with Crippen molar-refractivity contribution >= 4 is 11.7 Å². The van der Waals surface area contributed by atoms with Crippen LogP contribution < -0.4 is 0 Å². The zero-order valence-electron chi connectivity index (χ0n) is 10.8. The Kier molecular flexibility index (Phi) is 4.51. The van der Waals surface area contributed by atoms with Crippen LogP contribution in [0.3, 0.4) is 0 Å². The molecule has 1 fully saturated rings. The Labute approximate surface area is 98.2 Å². The van der Waals surface area contributed by atoms with E-state index in [2.05, 4.69) is 13.8 Å². The maximum Gasteiger partial charge on any atom is 0.225 e. The van der Waals surface area contributed by atoms with Gasteiger partial charge in [0, 0.05) is 31.8 Å². The van der Waals surface area contributed by atoms with Crippen LogP contribution in [0.25, 0.3) is 0 Å². The molecule has 3 nitrogen and oxygen atoms in total. The molecule has 1 atom stereocenters. The molecule has 0 aromatic carbocycles. The summed E-state index contributed by atoms with van der Waals surface area (Å²) in [7, 11) is 1.88. The first-order valence-corrected chi connectivity index (χ1v) is 6.21. The van der Waals surface area contributed by atoms with E-state index in [1.807, 2.05) is 18.9 Å². The number of ketones is 1. The largest absolute Gasteiger partial charge is 0.343 e. The molecule has 0 radical (unpaired) electrons. The summed E-state index contributed by atoms with van der Waals surface area (Å²) >= 11 is 0. The van der Waals surface area contributed by atoms with Crippen LogP contribution in [0, 0.1) is 11.8 Å². The van der Waals surface area contributed by atoms with E-state index in [1.165, 1.54) is 0 Å². The highest BCUT2D eigenvalue weighted by Crippen LogP contribution is 2.22. The lowest BCUT2D eigenvalue weighted by molar-refractivity contribution is -0.139. The molecule has 0 aromatic heterocycles. The molecule has 1 amide bonds. The van der Waals surface area contributed by atoms with Gasteiger partial charge in [0.1, 0.15) is 5.78 Å². The molecule has 92 valence electrons. The van der Waals surface area contributed by atoms with Gasteiger partial charge in [-0.2, -0.15) is 0 Å². The minimum absolute atomic E-state index is 0.0719. The third kappa shape index (κ3) is 3.06. The van der Waals surface area contributed by atoms with Crippen molar-refractivity contribution in [1.29, 1.82) is 0 Å². The molecule has 0 spiro atoms. The van der Waals surface area contributed by atoms with Gasteiger partial charge in [-0.3, -0.25) is 9.59 Å². The number of nitrogens with zero attached hydrogens (tertiary/aromatic N) is 1. The summed E-state index contributed by atoms with van der Waals surface area (Å²) in [6.07, 6.45) is 2.95. The molecule has 0 aromatic rings. The van der Waals surface area contributed by atoms with Crippen molar-refractivity contribution in [3.05, 3.63) is 0 Å². The van der Waals surface area contributed by atoms with Gasteiger partial charge in [-0.25, -0.2) is 0 Å². The first-order chi connectivity index (χ1) is 7.43. The zero-order chi connectivity index (χ0) is 12.3. The molecular weight excluding hydrogens is 202 g/mol. The normalized spacial score (nSPS) is 19.9. The highest BCUT2D eigenvalue weighted by Gasteiger charge is 2.28. The van der Waals surface area contributed by atoms with Gasteiger partial charge in [0.15, 0.2) is 0 Å². The van der Waals surface area contributed by atoms with E-state index in [0.717, 1.165) is 12.8 Å². The van der Waals surface area contributed by atoms with Crippen LogP contribution in [-0.2, 0) is 9.59 Å². The molecule has 1 unspecified atom stereocenters. The Hall–Kier alpha value is -0.860. The SMILES string of the molecule is CC(C)C(C)C(=O)N(C)C1CCC(=O)CC1. The molecule has 0 heterocycles. The quantitative estimate of drug-likeness (QED) is 0.738. The molecular formula is C13H23NO2. The van der Waals surface area contributed by atoms with E-state index in [1.54, 1.807) is 0 Å². The number of rotatable bonds is 3. The third-order valence-electron chi connectivity index (χ3n) is 3.80. The Morgan fingerprint density at radius 1 is 1.25 bits per heavy atom. The van der Waals surface area contributed by atoms with E-state index in [-0.39, 0.29) is 17.9 Å². The van der Waals surface area contributed by atoms with Crippen LogP contribution in [0.1, 0.15) is 46.5 Å². The maximum absolute atomic E-state index is 12.1. The topological polar surface area (TPSA) is 37.4 Å². The second-order valence-electron chi connectivity index (χ2n) is 5.25. The Balaban J connectivity index is 2.53. The molecule has 1 rings (SSSR count). The number of carbonyl (C=O) groups is 2. The fourth-order valence-electron chi connectivity index (χ4n) is 2.10. The molecule has 0 saturated heterocycles. The first kappa shape index (κ1) is 13.2. The molecule has 1 aliphatic rings. The summed E-state index contributed by atoms with van der Waals surface area (Å²) in [6.45, 7) is 6.12. The summed E-state index contributed by atoms with van der Waals surface area (Å²) in [4.78, 5) is 25.1. The molecule has 0 bridgehead atoms. The van der Waals surface area contributed by atoms with Crippen molar-refractivity contribution in [2.45, 2.75) is 52.5 Å². The molecule has 1 aliphatic carbocycles. The number of hydrogen-bond donors (Lipinski definition) is 0. The zero-order valence-corrected chi connectivity index (χ0v) is 10.8. The maximum atomic E-state index is 12.1. The second kappa shape index (κ2) is 5.46. The number of carbonyl (C=O) groups excluding carboxylic acids is 2. The Morgan fingerprint density at radius 2 is 1.75 bits per heavy atom. The lowest BCUT2D eigenvalue weighted by Gasteiger charge is -2.33. The highest BCUT2D eigenvalue weighted by atomic mass is 16.2. The molecule has 0 aliphatic heterocycles. The average Bonchev–Trinajstić information content (AvgIpc) is 2.27. The fourth-order valence-corrected chi connectivity index (χ4v) is 2.10. The van der Waals surface area contributed by atoms with Crippen molar-refractivity contribution < 1.29 is 9.59 Å². The molecule has 3 heteroatoms. The number of Topliss-reactive ketones (excluding diaryl/α,β-unsaturated/α-hetero) is 1. The van der Waals surface area contributed by atoms with Crippen molar-refractivity contribution in [2.24, 2.45) is 11.8 Å². The lowest BCUT2D eigenvalue weighted by Crippen LogP contribution is -2.43. The third-order valence-corrected chi connectivity index (χ3v) is 3.80. The van der Waals surface area contributed by atoms with E-state index < -0.39 is 0 Å². The van der Waals surface area contributed by atoms with Crippen molar-refractivity contribution in [3.63, 3.8) is 0 Å². The lowest BCUT2D eigenvalue weighted by atomic mass is 9.91. The molecule has 0 N–H and O–H groups in total. The summed E-state index contributed by atoms with van der Waals surface area (Å²) in [6, 6.07) is 0.270. The monoisotopic (exact) mass is 225 g/mol. The van der Waals surface area contributed by atoms with Gasteiger partial charge < -0.3 is 4.90 Å². The summed E-state index contributed by atoms with van der Waals surface area (Å²) in [5.41, 5.74) is 0. The van der Waals surface area contributed by atoms with E-state index >= 15 is 0 Å². The highest BCUT2D eigenvalue weighted by molar-refractivity contribution is 5.81. The van der Waals surface area contributed by atoms with Crippen LogP contribution >= 0.6 is 0 Å². The number of amides is 1. The van der Waals surface area contributed by atoms with E-state index in [4.69, 9.17) is 0 Å². The van der Waals surface area contributed by atoms with Crippen molar-refractivity contribution in [1.82, 2.24) is 4.90 Å². The summed E-state index contributed by atoms with van der Waals surface area (Å²) in [5.74, 6) is 1.01. The van der Waals surface area contributed by atoms with Gasteiger partial charge in [0.05, 0.1) is 0 Å². The van der Waals surface area contributed by atoms with Crippen LogP contribution in [-0.4, -0.2) is 29.7 Å². The van der Waals surface area contributed by atoms with E-state index in [9.17, 15) is 9.59 Å². The van der Waals surface area contributed by atoms with Crippen molar-refractivity contribution in [3.8, 4) is 0 Å². The van der Waals surface area contributed by atoms with Gasteiger partial charge in [-0.05, 0) is 18.8 Å². The molecule has 16 heavy (non-hydrogen) atoms. The molecule has 1 saturated carbocycles. The van der Waals surface area contributed by atoms with Crippen LogP contribution in [0.4, 0.5) is 0 Å². The van der Waals surface area contributed by atoms with Gasteiger partial charge in [0.25, 0.3) is 0 Å².